The molecule has 0 saturated heterocycles. The highest BCUT2D eigenvalue weighted by Gasteiger charge is 2.10. The van der Waals surface area contributed by atoms with Gasteiger partial charge in [0.2, 0.25) is 0 Å². The molecule has 0 radical (unpaired) electrons. The number of nitrogens with one attached hydrogen (secondary N) is 1. The number of hydrogen-bond donors (Lipinski definition) is 1. The number of rotatable bonds is 1. The minimum atomic E-state index is 0.437. The molecule has 9 heavy (non-hydrogen) atoms. The second kappa shape index (κ2) is 3.08. The van der Waals surface area contributed by atoms with E-state index in [4.69, 9.17) is 16.3 Å². The predicted molar refractivity (Wildman–Crippen MR) is 37.4 cm³/mol. The van der Waals surface area contributed by atoms with E-state index in [-0.39, 0.29) is 0 Å². The van der Waals surface area contributed by atoms with Crippen molar-refractivity contribution in [1.29, 1.82) is 0 Å². The Labute approximate surface area is 59.8 Å². The summed E-state index contributed by atoms with van der Waals surface area (Å²) >= 11 is 5.55. The van der Waals surface area contributed by atoms with Gasteiger partial charge >= 0.3 is 0 Å². The van der Waals surface area contributed by atoms with Crippen LogP contribution in [0.1, 0.15) is 6.42 Å². The Balaban J connectivity index is 2.36. The third-order valence-corrected chi connectivity index (χ3v) is 1.66. The van der Waals surface area contributed by atoms with Crippen LogP contribution in [0.15, 0.2) is 11.3 Å². The van der Waals surface area contributed by atoms with Gasteiger partial charge in [-0.05, 0) is 31.1 Å². The predicted octanol–water partition coefficient (Wildman–Crippen LogP) is 1.07. The van der Waals surface area contributed by atoms with Crippen molar-refractivity contribution in [2.24, 2.45) is 0 Å². The minimum absolute atomic E-state index is 0.437. The molecule has 0 amide bonds. The molecular formula is C6H10ClNO. The van der Waals surface area contributed by atoms with Crippen LogP contribution in [0.5, 0.6) is 0 Å². The molecule has 1 unspecified atom stereocenters. The van der Waals surface area contributed by atoms with Crippen molar-refractivity contribution < 1.29 is 4.74 Å². The van der Waals surface area contributed by atoms with E-state index in [0.717, 1.165) is 6.42 Å². The molecule has 1 N–H and O–H groups in total. The zero-order valence-corrected chi connectivity index (χ0v) is 6.11. The van der Waals surface area contributed by atoms with E-state index in [0.29, 0.717) is 17.9 Å². The summed E-state index contributed by atoms with van der Waals surface area (Å²) in [6, 6.07) is 0.437. The Morgan fingerprint density at radius 1 is 1.89 bits per heavy atom. The van der Waals surface area contributed by atoms with Crippen LogP contribution in [0, 0.1) is 0 Å². The summed E-state index contributed by atoms with van der Waals surface area (Å²) in [4.78, 5) is 0. The Kier molecular flexibility index (Phi) is 2.37. The van der Waals surface area contributed by atoms with Gasteiger partial charge in [0, 0.05) is 6.04 Å². The summed E-state index contributed by atoms with van der Waals surface area (Å²) in [6.07, 6.45) is 2.85. The first-order chi connectivity index (χ1) is 4.33. The van der Waals surface area contributed by atoms with Crippen LogP contribution < -0.4 is 5.32 Å². The molecule has 3 heteroatoms. The molecule has 0 saturated carbocycles. The fourth-order valence-corrected chi connectivity index (χ4v) is 0.895. The molecule has 1 aliphatic heterocycles. The third-order valence-electron chi connectivity index (χ3n) is 1.39. The van der Waals surface area contributed by atoms with Gasteiger partial charge in [0.05, 0.1) is 0 Å². The Morgan fingerprint density at radius 3 is 3.11 bits per heavy atom. The topological polar surface area (TPSA) is 21.3 Å². The highest BCUT2D eigenvalue weighted by atomic mass is 35.5. The van der Waals surface area contributed by atoms with Crippen LogP contribution >= 0.6 is 11.6 Å². The molecule has 1 rings (SSSR count). The van der Waals surface area contributed by atoms with Gasteiger partial charge in [-0.15, -0.1) is 0 Å². The molecule has 0 aromatic heterocycles. The molecule has 2 nitrogen and oxygen atoms in total. The molecule has 0 fully saturated rings. The molecule has 0 spiro atoms. The maximum atomic E-state index is 5.55. The minimum Gasteiger partial charge on any atom is -0.481 e. The average molecular weight is 148 g/mol. The first-order valence-corrected chi connectivity index (χ1v) is 3.36. The zero-order valence-electron chi connectivity index (χ0n) is 5.36. The maximum absolute atomic E-state index is 5.55. The van der Waals surface area contributed by atoms with Gasteiger partial charge in [0.25, 0.3) is 0 Å². The zero-order chi connectivity index (χ0) is 6.69. The number of likely N-dealkylation sites (N-methyl/N-ethyl adjacent to an activating group) is 1. The van der Waals surface area contributed by atoms with Crippen molar-refractivity contribution >= 4 is 11.6 Å². The van der Waals surface area contributed by atoms with E-state index in [9.17, 15) is 0 Å². The van der Waals surface area contributed by atoms with E-state index in [1.165, 1.54) is 0 Å². The van der Waals surface area contributed by atoms with Crippen LogP contribution in [0.2, 0.25) is 0 Å². The smallest absolute Gasteiger partial charge is 0.182 e. The van der Waals surface area contributed by atoms with E-state index in [1.54, 1.807) is 0 Å². The summed E-state index contributed by atoms with van der Waals surface area (Å²) in [5, 5.41) is 3.63. The summed E-state index contributed by atoms with van der Waals surface area (Å²) in [5.74, 6) is 0. The third kappa shape index (κ3) is 1.88. The summed E-state index contributed by atoms with van der Waals surface area (Å²) in [7, 11) is 1.92. The van der Waals surface area contributed by atoms with E-state index in [1.807, 2.05) is 13.1 Å². The van der Waals surface area contributed by atoms with Crippen LogP contribution in [0.3, 0.4) is 0 Å². The van der Waals surface area contributed by atoms with Crippen molar-refractivity contribution in [2.75, 3.05) is 13.7 Å². The van der Waals surface area contributed by atoms with Crippen LogP contribution in [0.4, 0.5) is 0 Å². The molecule has 0 aliphatic carbocycles. The molecule has 0 aromatic rings. The van der Waals surface area contributed by atoms with E-state index >= 15 is 0 Å². The van der Waals surface area contributed by atoms with Crippen molar-refractivity contribution in [2.45, 2.75) is 12.5 Å². The fourth-order valence-electron chi connectivity index (χ4n) is 0.743. The van der Waals surface area contributed by atoms with Crippen molar-refractivity contribution in [3.8, 4) is 0 Å². The highest BCUT2D eigenvalue weighted by Crippen LogP contribution is 2.12. The molecule has 1 atom stereocenters. The summed E-state index contributed by atoms with van der Waals surface area (Å²) in [5.41, 5.74) is 0. The Morgan fingerprint density at radius 2 is 2.67 bits per heavy atom. The fraction of sp³-hybridized carbons (Fsp3) is 0.667. The van der Waals surface area contributed by atoms with Crippen LogP contribution in [-0.2, 0) is 4.74 Å². The van der Waals surface area contributed by atoms with Gasteiger partial charge in [-0.2, -0.15) is 0 Å². The van der Waals surface area contributed by atoms with Crippen molar-refractivity contribution in [3.63, 3.8) is 0 Å². The van der Waals surface area contributed by atoms with Crippen molar-refractivity contribution in [1.82, 2.24) is 5.32 Å². The van der Waals surface area contributed by atoms with Gasteiger partial charge in [-0.25, -0.2) is 0 Å². The lowest BCUT2D eigenvalue weighted by atomic mass is 10.2. The number of halogens is 1. The van der Waals surface area contributed by atoms with Crippen molar-refractivity contribution in [3.05, 3.63) is 11.3 Å². The lowest BCUT2D eigenvalue weighted by Gasteiger charge is -2.18. The standard InChI is InChI=1S/C6H10ClNO/c1-8-5-2-3-6(7)9-4-5/h3,5,8H,2,4H2,1H3. The number of hydrogen-bond acceptors (Lipinski definition) is 2. The SMILES string of the molecule is CNC1CC=C(Cl)OC1. The van der Waals surface area contributed by atoms with E-state index < -0.39 is 0 Å². The molecule has 52 valence electrons. The first-order valence-electron chi connectivity index (χ1n) is 2.98. The molecule has 0 bridgehead atoms. The van der Waals surface area contributed by atoms with Crippen LogP contribution in [0.25, 0.3) is 0 Å². The second-order valence-corrected chi connectivity index (χ2v) is 2.41. The van der Waals surface area contributed by atoms with Gasteiger partial charge in [-0.1, -0.05) is 0 Å². The van der Waals surface area contributed by atoms with Crippen LogP contribution in [-0.4, -0.2) is 19.7 Å². The maximum Gasteiger partial charge on any atom is 0.182 e. The van der Waals surface area contributed by atoms with E-state index in [2.05, 4.69) is 5.32 Å². The lowest BCUT2D eigenvalue weighted by molar-refractivity contribution is 0.186. The van der Waals surface area contributed by atoms with Gasteiger partial charge in [0.1, 0.15) is 6.61 Å². The quantitative estimate of drug-likeness (QED) is 0.599. The Bertz CT molecular complexity index is 124. The molecular weight excluding hydrogens is 138 g/mol. The monoisotopic (exact) mass is 147 g/mol. The second-order valence-electron chi connectivity index (χ2n) is 2.04. The molecule has 1 heterocycles. The lowest BCUT2D eigenvalue weighted by Crippen LogP contribution is -2.31. The largest absolute Gasteiger partial charge is 0.481 e. The number of ether oxygens (including phenoxy) is 1. The normalized spacial score (nSPS) is 26.9. The molecule has 0 aromatic carbocycles. The van der Waals surface area contributed by atoms with Gasteiger partial charge in [-0.3, -0.25) is 0 Å². The highest BCUT2D eigenvalue weighted by molar-refractivity contribution is 6.28. The van der Waals surface area contributed by atoms with Gasteiger partial charge < -0.3 is 10.1 Å². The Hall–Kier alpha value is -0.210. The van der Waals surface area contributed by atoms with Gasteiger partial charge in [0.15, 0.2) is 5.22 Å². The summed E-state index contributed by atoms with van der Waals surface area (Å²) in [6.45, 7) is 0.686. The summed E-state index contributed by atoms with van der Waals surface area (Å²) < 4.78 is 5.05. The molecule has 1 aliphatic rings. The first kappa shape index (κ1) is 6.90. The average Bonchev–Trinajstić information content (AvgIpc) is 1.90.